The topological polar surface area (TPSA) is 28.2 Å². The van der Waals surface area contributed by atoms with Gasteiger partial charge in [-0.05, 0) is 0 Å². The van der Waals surface area contributed by atoms with E-state index in [1.807, 2.05) is 27.7 Å². The van der Waals surface area contributed by atoms with Crippen molar-refractivity contribution in [2.45, 2.75) is 27.7 Å². The van der Waals surface area contributed by atoms with E-state index in [-0.39, 0.29) is 51.0 Å². The largest absolute Gasteiger partial charge is 4.00 e. The smallest absolute Gasteiger partial charge is 1.00 e. The Kier molecular flexibility index (Phi) is 84.7. The van der Waals surface area contributed by atoms with Crippen molar-refractivity contribution in [3.05, 3.63) is 10.6 Å². The van der Waals surface area contributed by atoms with Gasteiger partial charge in [0.2, 0.25) is 0 Å². The molecule has 0 fully saturated rings. The molecule has 0 aliphatic carbocycles. The molecule has 0 radical (unpaired) electrons. The summed E-state index contributed by atoms with van der Waals surface area (Å²) in [6, 6.07) is 0. The van der Waals surface area contributed by atoms with Crippen molar-refractivity contribution < 1.29 is 51.0 Å². The van der Waals surface area contributed by atoms with Crippen molar-refractivity contribution in [1.82, 2.24) is 0 Å². The summed E-state index contributed by atoms with van der Waals surface area (Å²) in [5, 5.41) is 7.94. The molecule has 0 spiro atoms. The van der Waals surface area contributed by atoms with Crippen molar-refractivity contribution in [3.63, 3.8) is 0 Å². The molecule has 80 valence electrons. The van der Waals surface area contributed by atoms with Crippen LogP contribution in [0.5, 0.6) is 0 Å². The Morgan fingerprint density at radius 2 is 0.769 bits per heavy atom. The van der Waals surface area contributed by atoms with Crippen LogP contribution in [0.3, 0.4) is 0 Å². The Hall–Kier alpha value is 1.38. The van der Waals surface area contributed by atoms with Crippen LogP contribution in [0, 0.1) is 0 Å². The van der Waals surface area contributed by atoms with Gasteiger partial charge in [-0.2, -0.15) is 26.2 Å². The van der Waals surface area contributed by atoms with Crippen molar-refractivity contribution in [1.29, 1.82) is 0 Å². The van der Waals surface area contributed by atoms with Crippen LogP contribution in [0.15, 0.2) is 0 Å². The van der Waals surface area contributed by atoms with E-state index in [0.717, 1.165) is 26.2 Å². The van der Waals surface area contributed by atoms with Gasteiger partial charge < -0.3 is 35.4 Å². The predicted molar refractivity (Wildman–Crippen MR) is 48.9 cm³/mol. The minimum atomic E-state index is 0. The van der Waals surface area contributed by atoms with E-state index in [9.17, 15) is 0 Å². The van der Waals surface area contributed by atoms with Gasteiger partial charge >= 0.3 is 26.2 Å². The summed E-state index contributed by atoms with van der Waals surface area (Å²) in [7, 11) is 0. The number of rotatable bonds is 4. The number of nitrogens with zero attached hydrogens (tertiary/aromatic N) is 2. The fourth-order valence-corrected chi connectivity index (χ4v) is 0.447. The van der Waals surface area contributed by atoms with Crippen LogP contribution in [0.2, 0.25) is 0 Å². The van der Waals surface area contributed by atoms with Gasteiger partial charge in [-0.25, -0.2) is 0 Å². The maximum absolute atomic E-state index is 3.97. The molecule has 0 aromatic heterocycles. The zero-order valence-electron chi connectivity index (χ0n) is 8.98. The summed E-state index contributed by atoms with van der Waals surface area (Å²) >= 11 is 0. The maximum Gasteiger partial charge on any atom is 4.00 e. The third kappa shape index (κ3) is 59.8. The van der Waals surface area contributed by atoms with E-state index in [1.165, 1.54) is 0 Å². The summed E-state index contributed by atoms with van der Waals surface area (Å²) in [4.78, 5) is 0. The molecule has 0 bridgehead atoms. The van der Waals surface area contributed by atoms with Crippen molar-refractivity contribution in [3.8, 4) is 0 Å². The number of hydrogen-bond donors (Lipinski definition) is 0. The van der Waals surface area contributed by atoms with E-state index in [0.29, 0.717) is 0 Å². The van der Waals surface area contributed by atoms with Crippen molar-refractivity contribution >= 4 is 0 Å². The van der Waals surface area contributed by atoms with Gasteiger partial charge in [0.15, 0.2) is 0 Å². The van der Waals surface area contributed by atoms with Gasteiger partial charge in [-0.15, -0.1) is 0 Å². The Morgan fingerprint density at radius 1 is 0.615 bits per heavy atom. The van der Waals surface area contributed by atoms with E-state index in [1.54, 1.807) is 0 Å². The van der Waals surface area contributed by atoms with Gasteiger partial charge in [0.1, 0.15) is 0 Å². The van der Waals surface area contributed by atoms with Crippen LogP contribution in [-0.2, 0) is 26.2 Å². The molecule has 0 unspecified atom stereocenters. The second-order valence-corrected chi connectivity index (χ2v) is 1.71. The summed E-state index contributed by atoms with van der Waals surface area (Å²) in [5.41, 5.74) is 0. The molecule has 0 aromatic carbocycles. The minimum absolute atomic E-state index is 0. The molecule has 5 heteroatoms. The molecule has 0 heterocycles. The first-order valence-electron chi connectivity index (χ1n) is 4.09. The first-order valence-corrected chi connectivity index (χ1v) is 4.09. The van der Waals surface area contributed by atoms with Gasteiger partial charge in [0.05, 0.1) is 0 Å². The SMILES string of the molecule is CC[N-]CC.CC[N-]CC.[Cl-].[Cl-].[Zr+4]. The molecule has 0 aliphatic heterocycles. The van der Waals surface area contributed by atoms with Crippen LogP contribution in [0.25, 0.3) is 10.6 Å². The Morgan fingerprint density at radius 3 is 0.769 bits per heavy atom. The van der Waals surface area contributed by atoms with E-state index in [4.69, 9.17) is 0 Å². The fourth-order valence-electron chi connectivity index (χ4n) is 0.447. The summed E-state index contributed by atoms with van der Waals surface area (Å²) in [6.07, 6.45) is 0. The Balaban J connectivity index is -0.0000000267. The third-order valence-corrected chi connectivity index (χ3v) is 0.894. The summed E-state index contributed by atoms with van der Waals surface area (Å²) in [6.45, 7) is 12.1. The first kappa shape index (κ1) is 29.3. The predicted octanol–water partition coefficient (Wildman–Crippen LogP) is -3.19. The second-order valence-electron chi connectivity index (χ2n) is 1.71. The number of hydrogen-bond acceptors (Lipinski definition) is 0. The van der Waals surface area contributed by atoms with Gasteiger partial charge in [0, 0.05) is 0 Å². The first-order chi connectivity index (χ1) is 4.83. The van der Waals surface area contributed by atoms with Crippen LogP contribution in [0.4, 0.5) is 0 Å². The molecule has 0 aliphatic rings. The average Bonchev–Trinajstić information content (AvgIpc) is 1.93. The molecule has 0 atom stereocenters. The molecule has 13 heavy (non-hydrogen) atoms. The van der Waals surface area contributed by atoms with E-state index >= 15 is 0 Å². The molecule has 0 saturated carbocycles. The number of halogens is 2. The van der Waals surface area contributed by atoms with Crippen molar-refractivity contribution in [2.24, 2.45) is 0 Å². The van der Waals surface area contributed by atoms with Gasteiger partial charge in [-0.1, -0.05) is 27.7 Å². The van der Waals surface area contributed by atoms with Crippen LogP contribution >= 0.6 is 0 Å². The quantitative estimate of drug-likeness (QED) is 0.524. The van der Waals surface area contributed by atoms with E-state index in [2.05, 4.69) is 10.6 Å². The normalized spacial score (nSPS) is 6.46. The average molecular weight is 306 g/mol. The third-order valence-electron chi connectivity index (χ3n) is 0.894. The fraction of sp³-hybridized carbons (Fsp3) is 1.00. The minimum Gasteiger partial charge on any atom is -1.00 e. The molecule has 0 N–H and O–H groups in total. The molecule has 0 rings (SSSR count). The summed E-state index contributed by atoms with van der Waals surface area (Å²) in [5.74, 6) is 0. The maximum atomic E-state index is 3.97. The van der Waals surface area contributed by atoms with Crippen LogP contribution < -0.4 is 24.8 Å². The summed E-state index contributed by atoms with van der Waals surface area (Å²) < 4.78 is 0. The zero-order valence-corrected chi connectivity index (χ0v) is 12.9. The van der Waals surface area contributed by atoms with E-state index < -0.39 is 0 Å². The Bertz CT molecular complexity index is 41.1. The Labute approximate surface area is 115 Å². The molecule has 0 amide bonds. The standard InChI is InChI=1S/2C4H10N.2ClH.Zr/c2*1-3-5-4-2;;;/h2*3-4H2,1-2H3;2*1H;/q2*-1;;;+4/p-2. The zero-order chi connectivity index (χ0) is 8.24. The monoisotopic (exact) mass is 304 g/mol. The molecule has 0 aromatic rings. The van der Waals surface area contributed by atoms with Gasteiger partial charge in [0.25, 0.3) is 0 Å². The van der Waals surface area contributed by atoms with Gasteiger partial charge in [-0.3, -0.25) is 0 Å². The van der Waals surface area contributed by atoms with Crippen LogP contribution in [0.1, 0.15) is 27.7 Å². The molecule has 2 nitrogen and oxygen atoms in total. The second kappa shape index (κ2) is 37.6. The molecule has 0 saturated heterocycles. The van der Waals surface area contributed by atoms with Crippen molar-refractivity contribution in [2.75, 3.05) is 26.2 Å². The molecular formula is C8H20Cl2N2Zr. The molecular weight excluding hydrogens is 286 g/mol. The van der Waals surface area contributed by atoms with Crippen LogP contribution in [-0.4, -0.2) is 26.2 Å².